The molecule has 0 aromatic heterocycles. The van der Waals surface area contributed by atoms with Gasteiger partial charge in [0.1, 0.15) is 5.70 Å². The number of piperazine rings is 1. The molecule has 3 fully saturated rings. The largest absolute Gasteiger partial charge is 0.477 e. The number of nitrogens with one attached hydrogen (secondary N) is 1. The number of hydrogen-bond donors (Lipinski definition) is 4. The number of β-amino-alcohol motifs (C(OH)–C–C–N with tert-alkyl or cyclic N) is 1. The summed E-state index contributed by atoms with van der Waals surface area (Å²) in [6.07, 6.45) is -0.222. The molecule has 2 amide bonds. The van der Waals surface area contributed by atoms with Crippen molar-refractivity contribution in [3.05, 3.63) is 10.6 Å². The smallest absolute Gasteiger partial charge is 0.353 e. The molecule has 0 unspecified atom stereocenters. The number of amides is 2. The summed E-state index contributed by atoms with van der Waals surface area (Å²) in [5.41, 5.74) is 0.0316. The molecule has 12 heteroatoms. The summed E-state index contributed by atoms with van der Waals surface area (Å²) in [5, 5.41) is 32.2. The molecule has 0 radical (unpaired) electrons. The second-order valence-corrected chi connectivity index (χ2v) is 10.4. The Balaban J connectivity index is 0.00000306. The molecule has 0 aromatic carbocycles. The number of carboxylic acids is 1. The highest BCUT2D eigenvalue weighted by atomic mass is 35.5. The van der Waals surface area contributed by atoms with Crippen molar-refractivity contribution in [3.8, 4) is 0 Å². The molecule has 4 N–H and O–H groups in total. The standard InChI is InChI=1S/C21H32N4O6S.ClH/c1-11-16-15(12(2)27)20(29)25(16)17(21(30)31)18(11)32-13-9-14(22-10-13)19(28)24-5-3-23(4-6-24)7-8-26;/h11-16,22,26-27H,3-10H2,1-2H3,(H,30,31);1H/t11-,12-,13-,14-,15-,16-;/m1./s1. The number of thioether (sulfide) groups is 1. The molecule has 0 aromatic rings. The summed E-state index contributed by atoms with van der Waals surface area (Å²) in [7, 11) is 0. The van der Waals surface area contributed by atoms with Crippen LogP contribution in [0.15, 0.2) is 10.6 Å². The fraction of sp³-hybridized carbons (Fsp3) is 0.762. The van der Waals surface area contributed by atoms with Crippen LogP contribution < -0.4 is 5.32 Å². The first-order chi connectivity index (χ1) is 15.2. The van der Waals surface area contributed by atoms with Gasteiger partial charge in [0.25, 0.3) is 0 Å². The Morgan fingerprint density at radius 3 is 2.48 bits per heavy atom. The zero-order valence-corrected chi connectivity index (χ0v) is 20.5. The van der Waals surface area contributed by atoms with Crippen molar-refractivity contribution < 1.29 is 29.7 Å². The van der Waals surface area contributed by atoms with Gasteiger partial charge in [-0.15, -0.1) is 24.2 Å². The number of carbonyl (C=O) groups is 3. The van der Waals surface area contributed by atoms with E-state index in [1.165, 1.54) is 16.7 Å². The van der Waals surface area contributed by atoms with Crippen LogP contribution in [0.4, 0.5) is 0 Å². The van der Waals surface area contributed by atoms with Crippen LogP contribution in [0.3, 0.4) is 0 Å². The van der Waals surface area contributed by atoms with Gasteiger partial charge in [0.15, 0.2) is 0 Å². The van der Waals surface area contributed by atoms with Crippen molar-refractivity contribution in [2.24, 2.45) is 11.8 Å². The van der Waals surface area contributed by atoms with Crippen molar-refractivity contribution in [2.75, 3.05) is 45.9 Å². The van der Waals surface area contributed by atoms with E-state index >= 15 is 0 Å². The van der Waals surface area contributed by atoms with Crippen molar-refractivity contribution in [3.63, 3.8) is 0 Å². The number of fused-ring (bicyclic) bond motifs is 1. The van der Waals surface area contributed by atoms with Gasteiger partial charge < -0.3 is 30.4 Å². The van der Waals surface area contributed by atoms with Crippen molar-refractivity contribution in [1.82, 2.24) is 20.0 Å². The Bertz CT molecular complexity index is 819. The number of nitrogens with zero attached hydrogens (tertiary/aromatic N) is 3. The normalized spacial score (nSPS) is 33.0. The lowest BCUT2D eigenvalue weighted by Gasteiger charge is -2.46. The molecule has 186 valence electrons. The molecular formula is C21H33ClN4O6S. The van der Waals surface area contributed by atoms with Crippen LogP contribution in [0.2, 0.25) is 0 Å². The van der Waals surface area contributed by atoms with Gasteiger partial charge in [-0.05, 0) is 13.3 Å². The highest BCUT2D eigenvalue weighted by Gasteiger charge is 2.60. The SMILES string of the molecule is C[C@@H](O)[C@H]1C(=O)N2C(C(=O)O)=C(S[C@H]3CN[C@@H](C(=O)N4CCN(CCO)CC4)C3)[C@H](C)[C@H]12.Cl. The predicted molar refractivity (Wildman–Crippen MR) is 125 cm³/mol. The summed E-state index contributed by atoms with van der Waals surface area (Å²) in [6.45, 7) is 7.59. The maximum atomic E-state index is 13.0. The Labute approximate surface area is 203 Å². The number of rotatable bonds is 7. The van der Waals surface area contributed by atoms with E-state index in [0.29, 0.717) is 37.5 Å². The van der Waals surface area contributed by atoms with Crippen LogP contribution >= 0.6 is 24.2 Å². The van der Waals surface area contributed by atoms with E-state index in [-0.39, 0.29) is 59.8 Å². The molecule has 0 bridgehead atoms. The van der Waals surface area contributed by atoms with Crippen LogP contribution in [0.1, 0.15) is 20.3 Å². The third kappa shape index (κ3) is 4.76. The number of β-lactam (4-membered cyclic amide) rings is 1. The number of carbonyl (C=O) groups excluding carboxylic acids is 2. The lowest BCUT2D eigenvalue weighted by molar-refractivity contribution is -0.163. The van der Waals surface area contributed by atoms with E-state index in [0.717, 1.165) is 13.1 Å². The predicted octanol–water partition coefficient (Wildman–Crippen LogP) is -0.838. The minimum atomic E-state index is -1.13. The monoisotopic (exact) mass is 504 g/mol. The van der Waals surface area contributed by atoms with E-state index in [2.05, 4.69) is 10.2 Å². The van der Waals surface area contributed by atoms with E-state index < -0.39 is 18.0 Å². The molecule has 33 heavy (non-hydrogen) atoms. The van der Waals surface area contributed by atoms with Gasteiger partial charge in [0.2, 0.25) is 11.8 Å². The van der Waals surface area contributed by atoms with E-state index in [1.54, 1.807) is 6.92 Å². The number of aliphatic hydroxyl groups is 2. The van der Waals surface area contributed by atoms with Gasteiger partial charge in [-0.1, -0.05) is 6.92 Å². The van der Waals surface area contributed by atoms with Crippen LogP contribution in [-0.4, -0.2) is 117 Å². The second-order valence-electron chi connectivity index (χ2n) is 9.10. The van der Waals surface area contributed by atoms with Gasteiger partial charge in [0.05, 0.1) is 30.7 Å². The molecular weight excluding hydrogens is 472 g/mol. The fourth-order valence-corrected chi connectivity index (χ4v) is 6.87. The van der Waals surface area contributed by atoms with Gasteiger partial charge in [-0.25, -0.2) is 4.79 Å². The molecule has 4 aliphatic heterocycles. The number of aliphatic hydroxyl groups excluding tert-OH is 2. The number of halogens is 1. The highest BCUT2D eigenvalue weighted by molar-refractivity contribution is 8.03. The van der Waals surface area contributed by atoms with Gasteiger partial charge in [0, 0.05) is 55.3 Å². The van der Waals surface area contributed by atoms with Crippen molar-refractivity contribution in [1.29, 1.82) is 0 Å². The summed E-state index contributed by atoms with van der Waals surface area (Å²) < 4.78 is 0. The number of hydrogen-bond acceptors (Lipinski definition) is 8. The Morgan fingerprint density at radius 2 is 1.91 bits per heavy atom. The first kappa shape index (κ1) is 26.2. The number of aliphatic carboxylic acids is 1. The minimum absolute atomic E-state index is 0. The van der Waals surface area contributed by atoms with Crippen LogP contribution in [0, 0.1) is 11.8 Å². The Morgan fingerprint density at radius 1 is 1.24 bits per heavy atom. The van der Waals surface area contributed by atoms with E-state index in [1.807, 2.05) is 11.8 Å². The van der Waals surface area contributed by atoms with Gasteiger partial charge >= 0.3 is 5.97 Å². The summed E-state index contributed by atoms with van der Waals surface area (Å²) in [5.74, 6) is -2.13. The third-order valence-electron chi connectivity index (χ3n) is 7.09. The molecule has 4 aliphatic rings. The average Bonchev–Trinajstić information content (AvgIpc) is 3.30. The van der Waals surface area contributed by atoms with Crippen molar-refractivity contribution in [2.45, 2.75) is 43.7 Å². The van der Waals surface area contributed by atoms with Gasteiger partial charge in [-0.3, -0.25) is 14.5 Å². The third-order valence-corrected chi connectivity index (χ3v) is 8.61. The van der Waals surface area contributed by atoms with Crippen LogP contribution in [-0.2, 0) is 14.4 Å². The van der Waals surface area contributed by atoms with Crippen LogP contribution in [0.5, 0.6) is 0 Å². The lowest BCUT2D eigenvalue weighted by atomic mass is 9.79. The zero-order chi connectivity index (χ0) is 23.2. The zero-order valence-electron chi connectivity index (χ0n) is 18.8. The first-order valence-electron chi connectivity index (χ1n) is 11.2. The first-order valence-corrected chi connectivity index (χ1v) is 12.1. The Hall–Kier alpha value is -1.37. The summed E-state index contributed by atoms with van der Waals surface area (Å²) in [6, 6.07) is -0.621. The van der Waals surface area contributed by atoms with Crippen molar-refractivity contribution >= 4 is 42.0 Å². The molecule has 3 saturated heterocycles. The molecule has 4 heterocycles. The molecule has 0 saturated carbocycles. The minimum Gasteiger partial charge on any atom is -0.477 e. The lowest BCUT2D eigenvalue weighted by Crippen LogP contribution is -2.63. The second kappa shape index (κ2) is 10.5. The summed E-state index contributed by atoms with van der Waals surface area (Å²) >= 11 is 1.45. The average molecular weight is 505 g/mol. The summed E-state index contributed by atoms with van der Waals surface area (Å²) in [4.78, 5) is 43.4. The quantitative estimate of drug-likeness (QED) is 0.327. The van der Waals surface area contributed by atoms with Gasteiger partial charge in [-0.2, -0.15) is 0 Å². The van der Waals surface area contributed by atoms with Crippen LogP contribution in [0.25, 0.3) is 0 Å². The maximum Gasteiger partial charge on any atom is 0.353 e. The fourth-order valence-electron chi connectivity index (χ4n) is 5.39. The highest BCUT2D eigenvalue weighted by Crippen LogP contribution is 2.51. The Kier molecular flexibility index (Phi) is 8.34. The molecule has 10 nitrogen and oxygen atoms in total. The van der Waals surface area contributed by atoms with E-state index in [4.69, 9.17) is 5.11 Å². The molecule has 0 spiro atoms. The molecule has 4 rings (SSSR count). The molecule has 0 aliphatic carbocycles. The molecule has 6 atom stereocenters. The number of carboxylic acid groups (broad SMARTS) is 1. The topological polar surface area (TPSA) is 134 Å². The van der Waals surface area contributed by atoms with E-state index in [9.17, 15) is 24.6 Å². The maximum absolute atomic E-state index is 13.0.